The van der Waals surface area contributed by atoms with Crippen LogP contribution in [-0.2, 0) is 15.1 Å². The number of phenolic OH excluding ortho intramolecular Hbond substituents is 1. The largest absolute Gasteiger partial charge is 0.508 e. The van der Waals surface area contributed by atoms with E-state index in [0.29, 0.717) is 12.0 Å². The number of carbonyl (C=O) groups is 1. The van der Waals surface area contributed by atoms with Crippen molar-refractivity contribution in [2.75, 3.05) is 13.7 Å². The second kappa shape index (κ2) is 6.08. The number of ether oxygens (including phenoxy) is 1. The first-order valence-electron chi connectivity index (χ1n) is 5.67. The number of esters is 1. The number of nitrogens with one attached hydrogen (secondary N) is 1. The van der Waals surface area contributed by atoms with E-state index in [1.165, 1.54) is 19.2 Å². The summed E-state index contributed by atoms with van der Waals surface area (Å²) in [6.45, 7) is 2.12. The minimum atomic E-state index is -0.977. The van der Waals surface area contributed by atoms with Crippen molar-refractivity contribution in [3.63, 3.8) is 0 Å². The number of hydrogen-bond donors (Lipinski definition) is 2. The Morgan fingerprint density at radius 1 is 1.50 bits per heavy atom. The van der Waals surface area contributed by atoms with Crippen molar-refractivity contribution in [2.24, 2.45) is 0 Å². The van der Waals surface area contributed by atoms with Gasteiger partial charge in [-0.05, 0) is 24.1 Å². The van der Waals surface area contributed by atoms with Crippen LogP contribution in [0, 0.1) is 12.3 Å². The number of terminal acetylenes is 1. The fraction of sp³-hybridized carbons (Fsp3) is 0.357. The SMILES string of the molecule is C#CCNC(CC)(C(=O)OC)c1ccc(O)cc1. The van der Waals surface area contributed by atoms with Gasteiger partial charge >= 0.3 is 5.97 Å². The average molecular weight is 247 g/mol. The summed E-state index contributed by atoms with van der Waals surface area (Å²) in [5.41, 5.74) is -0.264. The fourth-order valence-corrected chi connectivity index (χ4v) is 1.89. The van der Waals surface area contributed by atoms with Gasteiger partial charge in [0.05, 0.1) is 13.7 Å². The zero-order valence-electron chi connectivity index (χ0n) is 10.6. The monoisotopic (exact) mass is 247 g/mol. The van der Waals surface area contributed by atoms with Crippen LogP contribution in [0.25, 0.3) is 0 Å². The summed E-state index contributed by atoms with van der Waals surface area (Å²) < 4.78 is 4.86. The summed E-state index contributed by atoms with van der Waals surface area (Å²) in [5, 5.41) is 12.3. The minimum absolute atomic E-state index is 0.144. The van der Waals surface area contributed by atoms with Crippen LogP contribution in [0.5, 0.6) is 5.75 Å². The molecule has 18 heavy (non-hydrogen) atoms. The quantitative estimate of drug-likeness (QED) is 0.610. The van der Waals surface area contributed by atoms with Gasteiger partial charge in [0, 0.05) is 0 Å². The van der Waals surface area contributed by atoms with Crippen LogP contribution in [-0.4, -0.2) is 24.7 Å². The van der Waals surface area contributed by atoms with E-state index in [-0.39, 0.29) is 12.3 Å². The summed E-state index contributed by atoms with van der Waals surface area (Å²) >= 11 is 0. The van der Waals surface area contributed by atoms with Crippen molar-refractivity contribution < 1.29 is 14.6 Å². The van der Waals surface area contributed by atoms with Crippen molar-refractivity contribution in [1.29, 1.82) is 0 Å². The maximum Gasteiger partial charge on any atom is 0.330 e. The van der Waals surface area contributed by atoms with Gasteiger partial charge in [0.1, 0.15) is 11.3 Å². The van der Waals surface area contributed by atoms with E-state index in [1.807, 2.05) is 6.92 Å². The highest BCUT2D eigenvalue weighted by molar-refractivity contribution is 5.82. The van der Waals surface area contributed by atoms with Crippen LogP contribution in [0.2, 0.25) is 0 Å². The zero-order chi connectivity index (χ0) is 13.6. The van der Waals surface area contributed by atoms with Gasteiger partial charge in [-0.3, -0.25) is 5.32 Å². The lowest BCUT2D eigenvalue weighted by Gasteiger charge is -2.30. The van der Waals surface area contributed by atoms with Gasteiger partial charge in [0.25, 0.3) is 0 Å². The Hall–Kier alpha value is -1.99. The first kappa shape index (κ1) is 14.1. The van der Waals surface area contributed by atoms with Crippen LogP contribution in [0.15, 0.2) is 24.3 Å². The van der Waals surface area contributed by atoms with Crippen molar-refractivity contribution in [1.82, 2.24) is 5.32 Å². The first-order chi connectivity index (χ1) is 8.60. The number of rotatable bonds is 5. The van der Waals surface area contributed by atoms with E-state index in [0.717, 1.165) is 0 Å². The number of benzene rings is 1. The fourth-order valence-electron chi connectivity index (χ4n) is 1.89. The molecule has 4 heteroatoms. The maximum atomic E-state index is 12.0. The molecule has 0 heterocycles. The number of methoxy groups -OCH3 is 1. The molecular weight excluding hydrogens is 230 g/mol. The molecule has 0 bridgehead atoms. The molecule has 0 spiro atoms. The van der Waals surface area contributed by atoms with Crippen molar-refractivity contribution in [2.45, 2.75) is 18.9 Å². The molecule has 96 valence electrons. The van der Waals surface area contributed by atoms with E-state index in [4.69, 9.17) is 11.2 Å². The minimum Gasteiger partial charge on any atom is -0.508 e. The third kappa shape index (κ3) is 2.63. The van der Waals surface area contributed by atoms with E-state index in [9.17, 15) is 9.90 Å². The molecule has 0 saturated heterocycles. The molecular formula is C14H17NO3. The van der Waals surface area contributed by atoms with Crippen LogP contribution >= 0.6 is 0 Å². The molecule has 0 aromatic heterocycles. The Morgan fingerprint density at radius 3 is 2.56 bits per heavy atom. The third-order valence-electron chi connectivity index (χ3n) is 2.92. The standard InChI is InChI=1S/C14H17NO3/c1-4-10-15-14(5-2,13(17)18-3)11-6-8-12(16)9-7-11/h1,6-9,15-16H,5,10H2,2-3H3. The smallest absolute Gasteiger partial charge is 0.330 e. The lowest BCUT2D eigenvalue weighted by atomic mass is 9.87. The molecule has 0 aliphatic rings. The van der Waals surface area contributed by atoms with Gasteiger partial charge in [-0.15, -0.1) is 6.42 Å². The lowest BCUT2D eigenvalue weighted by Crippen LogP contribution is -2.49. The zero-order valence-corrected chi connectivity index (χ0v) is 10.6. The molecule has 2 N–H and O–H groups in total. The molecule has 0 aliphatic carbocycles. The van der Waals surface area contributed by atoms with Crippen molar-refractivity contribution in [3.05, 3.63) is 29.8 Å². The van der Waals surface area contributed by atoms with Crippen LogP contribution < -0.4 is 5.32 Å². The summed E-state index contributed by atoms with van der Waals surface area (Å²) in [4.78, 5) is 12.0. The van der Waals surface area contributed by atoms with Gasteiger partial charge in [0.15, 0.2) is 0 Å². The summed E-state index contributed by atoms with van der Waals surface area (Å²) in [6, 6.07) is 6.42. The Balaban J connectivity index is 3.21. The Morgan fingerprint density at radius 2 is 2.11 bits per heavy atom. The lowest BCUT2D eigenvalue weighted by molar-refractivity contribution is -0.149. The normalized spacial score (nSPS) is 13.4. The predicted octanol–water partition coefficient (Wildman–Crippen LogP) is 1.39. The molecule has 1 rings (SSSR count). The molecule has 1 aromatic rings. The molecule has 0 aliphatic heterocycles. The average Bonchev–Trinajstić information content (AvgIpc) is 2.41. The Bertz CT molecular complexity index is 447. The third-order valence-corrected chi connectivity index (χ3v) is 2.92. The van der Waals surface area contributed by atoms with Gasteiger partial charge in [-0.25, -0.2) is 4.79 Å². The van der Waals surface area contributed by atoms with Crippen LogP contribution in [0.1, 0.15) is 18.9 Å². The molecule has 1 atom stereocenters. The first-order valence-corrected chi connectivity index (χ1v) is 5.67. The molecule has 1 aromatic carbocycles. The van der Waals surface area contributed by atoms with Gasteiger partial charge in [0.2, 0.25) is 0 Å². The van der Waals surface area contributed by atoms with Crippen molar-refractivity contribution >= 4 is 5.97 Å². The van der Waals surface area contributed by atoms with Crippen LogP contribution in [0.4, 0.5) is 0 Å². The summed E-state index contributed by atoms with van der Waals surface area (Å²) in [5.74, 6) is 2.20. The van der Waals surface area contributed by atoms with E-state index in [2.05, 4.69) is 11.2 Å². The highest BCUT2D eigenvalue weighted by Gasteiger charge is 2.39. The van der Waals surface area contributed by atoms with Crippen molar-refractivity contribution in [3.8, 4) is 18.1 Å². The van der Waals surface area contributed by atoms with E-state index < -0.39 is 11.5 Å². The van der Waals surface area contributed by atoms with Gasteiger partial charge in [-0.2, -0.15) is 0 Å². The second-order valence-electron chi connectivity index (χ2n) is 3.86. The molecule has 0 fully saturated rings. The Kier molecular flexibility index (Phi) is 4.75. The van der Waals surface area contributed by atoms with Gasteiger partial charge in [-0.1, -0.05) is 25.0 Å². The number of aromatic hydroxyl groups is 1. The molecule has 0 amide bonds. The number of carbonyl (C=O) groups excluding carboxylic acids is 1. The topological polar surface area (TPSA) is 58.6 Å². The summed E-state index contributed by atoms with van der Waals surface area (Å²) in [6.07, 6.45) is 5.72. The van der Waals surface area contributed by atoms with Crippen LogP contribution in [0.3, 0.4) is 0 Å². The molecule has 0 saturated carbocycles. The molecule has 1 unspecified atom stereocenters. The second-order valence-corrected chi connectivity index (χ2v) is 3.86. The summed E-state index contributed by atoms with van der Waals surface area (Å²) in [7, 11) is 1.34. The molecule has 0 radical (unpaired) electrons. The molecule has 4 nitrogen and oxygen atoms in total. The maximum absolute atomic E-state index is 12.0. The number of hydrogen-bond acceptors (Lipinski definition) is 4. The van der Waals surface area contributed by atoms with Gasteiger partial charge < -0.3 is 9.84 Å². The highest BCUT2D eigenvalue weighted by Crippen LogP contribution is 2.28. The number of phenols is 1. The predicted molar refractivity (Wildman–Crippen MR) is 68.9 cm³/mol. The van der Waals surface area contributed by atoms with E-state index >= 15 is 0 Å². The Labute approximate surface area is 107 Å². The van der Waals surface area contributed by atoms with E-state index in [1.54, 1.807) is 12.1 Å². The highest BCUT2D eigenvalue weighted by atomic mass is 16.5.